The molecule has 0 aliphatic rings. The van der Waals surface area contributed by atoms with Gasteiger partial charge in [0.15, 0.2) is 6.17 Å². The molecule has 4 heteroatoms. The van der Waals surface area contributed by atoms with Crippen molar-refractivity contribution in [3.8, 4) is 0 Å². The van der Waals surface area contributed by atoms with E-state index in [0.29, 0.717) is 11.4 Å². The topological polar surface area (TPSA) is 55.1 Å². The van der Waals surface area contributed by atoms with Gasteiger partial charge in [0.2, 0.25) is 0 Å². The maximum absolute atomic E-state index is 13.2. The molecule has 0 bridgehead atoms. The fourth-order valence-corrected chi connectivity index (χ4v) is 1.08. The molecule has 1 aromatic rings. The smallest absolute Gasteiger partial charge is 0.259 e. The molecule has 0 heterocycles. The fourth-order valence-electron chi connectivity index (χ4n) is 1.08. The van der Waals surface area contributed by atoms with E-state index in [2.05, 4.69) is 5.32 Å². The summed E-state index contributed by atoms with van der Waals surface area (Å²) in [5.74, 6) is -0.937. The Kier molecular flexibility index (Phi) is 3.66. The van der Waals surface area contributed by atoms with E-state index in [1.807, 2.05) is 0 Å². The van der Waals surface area contributed by atoms with Gasteiger partial charge in [-0.1, -0.05) is 13.8 Å². The number of anilines is 2. The number of hydrogen-bond acceptors (Lipinski definition) is 2. The third-order valence-corrected chi connectivity index (χ3v) is 2.01. The summed E-state index contributed by atoms with van der Waals surface area (Å²) in [6.45, 7) is 3.32. The first-order valence-corrected chi connectivity index (χ1v) is 4.81. The number of amides is 1. The van der Waals surface area contributed by atoms with Crippen molar-refractivity contribution in [2.45, 2.75) is 20.0 Å². The second-order valence-electron chi connectivity index (χ2n) is 3.76. The first-order valence-electron chi connectivity index (χ1n) is 4.81. The number of hydrogen-bond donors (Lipinski definition) is 2. The molecule has 0 fully saturated rings. The largest absolute Gasteiger partial charge is 0.399 e. The molecule has 0 aliphatic carbocycles. The predicted octanol–water partition coefficient (Wildman–Crippen LogP) is 2.20. The maximum Gasteiger partial charge on any atom is 0.259 e. The Labute approximate surface area is 88.5 Å². The van der Waals surface area contributed by atoms with Crippen molar-refractivity contribution >= 4 is 17.3 Å². The van der Waals surface area contributed by atoms with Crippen LogP contribution in [0.3, 0.4) is 0 Å². The lowest BCUT2D eigenvalue weighted by Crippen LogP contribution is -2.28. The van der Waals surface area contributed by atoms with Crippen molar-refractivity contribution in [3.63, 3.8) is 0 Å². The lowest BCUT2D eigenvalue weighted by molar-refractivity contribution is -0.122. The van der Waals surface area contributed by atoms with Gasteiger partial charge in [0.05, 0.1) is 0 Å². The highest BCUT2D eigenvalue weighted by Gasteiger charge is 2.20. The standard InChI is InChI=1S/C11H15FN2O/c1-7(2)10(12)11(15)14-9-5-3-8(13)4-6-9/h3-7,10H,13H2,1-2H3,(H,14,15)/t10-/m0/s1. The number of benzene rings is 1. The molecule has 0 aromatic heterocycles. The Hall–Kier alpha value is -1.58. The zero-order valence-corrected chi connectivity index (χ0v) is 8.83. The summed E-state index contributed by atoms with van der Waals surface area (Å²) in [7, 11) is 0. The predicted molar refractivity (Wildman–Crippen MR) is 59.2 cm³/mol. The second-order valence-corrected chi connectivity index (χ2v) is 3.76. The number of alkyl halides is 1. The van der Waals surface area contributed by atoms with Gasteiger partial charge >= 0.3 is 0 Å². The van der Waals surface area contributed by atoms with Gasteiger partial charge in [0.25, 0.3) is 5.91 Å². The van der Waals surface area contributed by atoms with Crippen molar-refractivity contribution in [2.24, 2.45) is 5.92 Å². The summed E-state index contributed by atoms with van der Waals surface area (Å²) in [4.78, 5) is 11.3. The molecule has 82 valence electrons. The van der Waals surface area contributed by atoms with Crippen LogP contribution in [0, 0.1) is 5.92 Å². The summed E-state index contributed by atoms with van der Waals surface area (Å²) < 4.78 is 13.2. The Morgan fingerprint density at radius 2 is 1.87 bits per heavy atom. The van der Waals surface area contributed by atoms with Crippen LogP contribution in [0.25, 0.3) is 0 Å². The number of carbonyl (C=O) groups excluding carboxylic acids is 1. The van der Waals surface area contributed by atoms with Gasteiger partial charge < -0.3 is 11.1 Å². The van der Waals surface area contributed by atoms with Gasteiger partial charge in [-0.25, -0.2) is 4.39 Å². The Morgan fingerprint density at radius 3 is 2.33 bits per heavy atom. The number of nitrogens with one attached hydrogen (secondary N) is 1. The van der Waals surface area contributed by atoms with Gasteiger partial charge in [0, 0.05) is 11.4 Å². The molecule has 0 saturated heterocycles. The minimum absolute atomic E-state index is 0.321. The molecule has 15 heavy (non-hydrogen) atoms. The summed E-state index contributed by atoms with van der Waals surface area (Å²) in [5.41, 5.74) is 6.64. The van der Waals surface area contributed by atoms with Gasteiger partial charge in [-0.15, -0.1) is 0 Å². The SMILES string of the molecule is CC(C)[C@H](F)C(=O)Nc1ccc(N)cc1. The van der Waals surface area contributed by atoms with Crippen LogP contribution in [0.1, 0.15) is 13.8 Å². The fraction of sp³-hybridized carbons (Fsp3) is 0.364. The molecule has 0 aliphatic heterocycles. The van der Waals surface area contributed by atoms with Crippen LogP contribution in [-0.2, 0) is 4.79 Å². The number of carbonyl (C=O) groups is 1. The second kappa shape index (κ2) is 4.77. The zero-order chi connectivity index (χ0) is 11.4. The van der Waals surface area contributed by atoms with Gasteiger partial charge in [-0.2, -0.15) is 0 Å². The summed E-state index contributed by atoms with van der Waals surface area (Å²) in [6.07, 6.45) is -1.48. The third kappa shape index (κ3) is 3.23. The molecule has 1 aromatic carbocycles. The molecular weight excluding hydrogens is 195 g/mol. The van der Waals surface area contributed by atoms with E-state index < -0.39 is 12.1 Å². The summed E-state index contributed by atoms with van der Waals surface area (Å²) in [6, 6.07) is 6.58. The molecule has 3 N–H and O–H groups in total. The summed E-state index contributed by atoms with van der Waals surface area (Å²) in [5, 5.41) is 2.48. The van der Waals surface area contributed by atoms with Crippen LogP contribution in [0.5, 0.6) is 0 Å². The first kappa shape index (κ1) is 11.5. The molecule has 0 radical (unpaired) electrons. The molecule has 0 spiro atoms. The molecule has 0 unspecified atom stereocenters. The summed E-state index contributed by atoms with van der Waals surface area (Å²) >= 11 is 0. The zero-order valence-electron chi connectivity index (χ0n) is 8.83. The monoisotopic (exact) mass is 210 g/mol. The van der Waals surface area contributed by atoms with E-state index in [0.717, 1.165) is 0 Å². The highest BCUT2D eigenvalue weighted by molar-refractivity contribution is 5.94. The maximum atomic E-state index is 13.2. The van der Waals surface area contributed by atoms with E-state index in [1.54, 1.807) is 38.1 Å². The quantitative estimate of drug-likeness (QED) is 0.751. The molecule has 0 saturated carbocycles. The molecule has 1 amide bonds. The third-order valence-electron chi connectivity index (χ3n) is 2.01. The highest BCUT2D eigenvalue weighted by atomic mass is 19.1. The van der Waals surface area contributed by atoms with E-state index >= 15 is 0 Å². The number of nitrogens with two attached hydrogens (primary N) is 1. The van der Waals surface area contributed by atoms with Crippen LogP contribution in [0.2, 0.25) is 0 Å². The van der Waals surface area contributed by atoms with E-state index in [-0.39, 0.29) is 5.92 Å². The minimum atomic E-state index is -1.48. The average molecular weight is 210 g/mol. The van der Waals surface area contributed by atoms with Crippen LogP contribution in [-0.4, -0.2) is 12.1 Å². The average Bonchev–Trinajstić information content (AvgIpc) is 2.20. The van der Waals surface area contributed by atoms with Crippen molar-refractivity contribution in [1.29, 1.82) is 0 Å². The number of rotatable bonds is 3. The van der Waals surface area contributed by atoms with Crippen LogP contribution >= 0.6 is 0 Å². The number of nitrogen functional groups attached to an aromatic ring is 1. The minimum Gasteiger partial charge on any atom is -0.399 e. The molecular formula is C11H15FN2O. The Bertz CT molecular complexity index is 335. The van der Waals surface area contributed by atoms with E-state index in [4.69, 9.17) is 5.73 Å². The van der Waals surface area contributed by atoms with Crippen LogP contribution in [0.15, 0.2) is 24.3 Å². The Morgan fingerprint density at radius 1 is 1.33 bits per heavy atom. The highest BCUT2D eigenvalue weighted by Crippen LogP contribution is 2.13. The lowest BCUT2D eigenvalue weighted by atomic mass is 10.1. The lowest BCUT2D eigenvalue weighted by Gasteiger charge is -2.12. The van der Waals surface area contributed by atoms with E-state index in [1.165, 1.54) is 0 Å². The number of halogens is 1. The van der Waals surface area contributed by atoms with Gasteiger partial charge in [-0.05, 0) is 30.2 Å². The van der Waals surface area contributed by atoms with Crippen molar-refractivity contribution in [3.05, 3.63) is 24.3 Å². The van der Waals surface area contributed by atoms with E-state index in [9.17, 15) is 9.18 Å². The van der Waals surface area contributed by atoms with Crippen LogP contribution < -0.4 is 11.1 Å². The Balaban J connectivity index is 2.62. The normalized spacial score (nSPS) is 12.5. The van der Waals surface area contributed by atoms with Crippen LogP contribution in [0.4, 0.5) is 15.8 Å². The van der Waals surface area contributed by atoms with Crippen molar-refractivity contribution in [1.82, 2.24) is 0 Å². The molecule has 1 rings (SSSR count). The van der Waals surface area contributed by atoms with Crippen molar-refractivity contribution in [2.75, 3.05) is 11.1 Å². The first-order chi connectivity index (χ1) is 7.00. The van der Waals surface area contributed by atoms with Crippen molar-refractivity contribution < 1.29 is 9.18 Å². The van der Waals surface area contributed by atoms with Gasteiger partial charge in [-0.3, -0.25) is 4.79 Å². The van der Waals surface area contributed by atoms with Gasteiger partial charge in [0.1, 0.15) is 0 Å². The molecule has 1 atom stereocenters. The molecule has 3 nitrogen and oxygen atoms in total.